The molecule has 0 atom stereocenters. The molecule has 7 heteroatoms. The number of para-hydroxylation sites is 2. The van der Waals surface area contributed by atoms with E-state index in [0.29, 0.717) is 18.9 Å². The minimum atomic E-state index is -0.402. The lowest BCUT2D eigenvalue weighted by Crippen LogP contribution is -2.34. The molecule has 0 spiro atoms. The predicted octanol–water partition coefficient (Wildman–Crippen LogP) is 3.60. The quantitative estimate of drug-likeness (QED) is 0.398. The van der Waals surface area contributed by atoms with Crippen LogP contribution in [0.2, 0.25) is 0 Å². The summed E-state index contributed by atoms with van der Waals surface area (Å²) in [5.74, 6) is -0.402. The number of hydrazone groups is 1. The van der Waals surface area contributed by atoms with Crippen molar-refractivity contribution in [3.63, 3.8) is 0 Å². The summed E-state index contributed by atoms with van der Waals surface area (Å²) in [6.45, 7) is 3.52. The first-order chi connectivity index (χ1) is 14.9. The van der Waals surface area contributed by atoms with Gasteiger partial charge in [0, 0.05) is 40.4 Å². The first-order valence-electron chi connectivity index (χ1n) is 10.7. The Bertz CT molecular complexity index is 943. The van der Waals surface area contributed by atoms with Gasteiger partial charge in [-0.25, -0.2) is 4.79 Å². The molecule has 0 amide bonds. The number of nitrogens with one attached hydrogen (secondary N) is 1. The van der Waals surface area contributed by atoms with Gasteiger partial charge in [-0.2, -0.15) is 5.10 Å². The van der Waals surface area contributed by atoms with Gasteiger partial charge in [0.15, 0.2) is 5.71 Å². The van der Waals surface area contributed by atoms with Gasteiger partial charge in [0.05, 0.1) is 30.2 Å². The zero-order valence-electron chi connectivity index (χ0n) is 19.2. The monoisotopic (exact) mass is 423 g/mol. The van der Waals surface area contributed by atoms with Gasteiger partial charge in [-0.05, 0) is 55.7 Å². The molecule has 7 nitrogen and oxygen atoms in total. The Kier molecular flexibility index (Phi) is 7.39. The Balaban J connectivity index is 1.86. The van der Waals surface area contributed by atoms with E-state index in [1.807, 2.05) is 56.4 Å². The van der Waals surface area contributed by atoms with E-state index in [0.717, 1.165) is 36.4 Å². The minimum absolute atomic E-state index is 0.309. The molecule has 1 aliphatic heterocycles. The third-order valence-corrected chi connectivity index (χ3v) is 5.54. The molecule has 0 fully saturated rings. The van der Waals surface area contributed by atoms with Crippen molar-refractivity contribution in [1.82, 2.24) is 0 Å². The van der Waals surface area contributed by atoms with Crippen LogP contribution < -0.4 is 20.1 Å². The van der Waals surface area contributed by atoms with Crippen molar-refractivity contribution < 1.29 is 9.53 Å². The highest BCUT2D eigenvalue weighted by molar-refractivity contribution is 6.38. The molecule has 1 heterocycles. The third kappa shape index (κ3) is 5.29. The van der Waals surface area contributed by atoms with Crippen molar-refractivity contribution in [2.24, 2.45) is 5.10 Å². The molecule has 1 N–H and O–H groups in total. The van der Waals surface area contributed by atoms with Gasteiger partial charge >= 0.3 is 5.97 Å². The number of hydrogen-bond acceptors (Lipinski definition) is 7. The maximum absolute atomic E-state index is 12.7. The zero-order chi connectivity index (χ0) is 22.4. The van der Waals surface area contributed by atoms with Gasteiger partial charge in [-0.3, -0.25) is 5.01 Å². The summed E-state index contributed by atoms with van der Waals surface area (Å²) in [7, 11) is 7.82. The minimum Gasteiger partial charge on any atom is -0.461 e. The number of benzene rings is 2. The second-order valence-electron chi connectivity index (χ2n) is 7.75. The standard InChI is InChI=1S/C24H33N5O2/c1-6-31-24(30)21(17-28(4)23-12-8-7-11-20(23)25-2)26-29(5)19-13-14-22-18(16-19)10-9-15-27(22)3/h7-8,11-14,16,25H,6,9-10,15,17H2,1-5H3/b26-21-. The molecule has 0 bridgehead atoms. The molecule has 3 rings (SSSR count). The lowest BCUT2D eigenvalue weighted by Gasteiger charge is -2.28. The van der Waals surface area contributed by atoms with Crippen molar-refractivity contribution in [3.8, 4) is 0 Å². The highest BCUT2D eigenvalue weighted by atomic mass is 16.5. The smallest absolute Gasteiger partial charge is 0.356 e. The molecule has 0 unspecified atom stereocenters. The van der Waals surface area contributed by atoms with Crippen LogP contribution in [0.1, 0.15) is 18.9 Å². The fraction of sp³-hybridized carbons (Fsp3) is 0.417. The van der Waals surface area contributed by atoms with Gasteiger partial charge < -0.3 is 19.9 Å². The van der Waals surface area contributed by atoms with E-state index in [1.54, 1.807) is 11.9 Å². The largest absolute Gasteiger partial charge is 0.461 e. The summed E-state index contributed by atoms with van der Waals surface area (Å²) in [4.78, 5) is 17.0. The molecule has 0 radical (unpaired) electrons. The molecule has 2 aromatic rings. The van der Waals surface area contributed by atoms with Crippen LogP contribution in [0.15, 0.2) is 47.6 Å². The number of hydrogen-bond donors (Lipinski definition) is 1. The Hall–Kier alpha value is -3.22. The van der Waals surface area contributed by atoms with E-state index in [-0.39, 0.29) is 0 Å². The predicted molar refractivity (Wildman–Crippen MR) is 130 cm³/mol. The third-order valence-electron chi connectivity index (χ3n) is 5.54. The second-order valence-corrected chi connectivity index (χ2v) is 7.75. The van der Waals surface area contributed by atoms with E-state index in [1.165, 1.54) is 11.3 Å². The first-order valence-corrected chi connectivity index (χ1v) is 10.7. The molecule has 0 saturated heterocycles. The molecule has 2 aromatic carbocycles. The Morgan fingerprint density at radius 1 is 1.23 bits per heavy atom. The van der Waals surface area contributed by atoms with Gasteiger partial charge in [0.1, 0.15) is 0 Å². The van der Waals surface area contributed by atoms with Crippen molar-refractivity contribution in [2.45, 2.75) is 19.8 Å². The van der Waals surface area contributed by atoms with Gasteiger partial charge in [-0.15, -0.1) is 0 Å². The normalized spacial score (nSPS) is 13.5. The van der Waals surface area contributed by atoms with Gasteiger partial charge in [0.2, 0.25) is 0 Å². The van der Waals surface area contributed by atoms with Crippen LogP contribution >= 0.6 is 0 Å². The number of rotatable bonds is 8. The Morgan fingerprint density at radius 2 is 2.00 bits per heavy atom. The van der Waals surface area contributed by atoms with Crippen LogP contribution in [0.25, 0.3) is 0 Å². The van der Waals surface area contributed by atoms with E-state index in [4.69, 9.17) is 4.74 Å². The molecule has 0 aliphatic carbocycles. The number of carbonyl (C=O) groups is 1. The van der Waals surface area contributed by atoms with E-state index < -0.39 is 5.97 Å². The fourth-order valence-corrected chi connectivity index (χ4v) is 3.89. The number of aryl methyl sites for hydroxylation is 1. The number of ether oxygens (including phenoxy) is 1. The van der Waals surface area contributed by atoms with Gasteiger partial charge in [-0.1, -0.05) is 12.1 Å². The van der Waals surface area contributed by atoms with Gasteiger partial charge in [0.25, 0.3) is 0 Å². The van der Waals surface area contributed by atoms with Crippen LogP contribution in [0.5, 0.6) is 0 Å². The lowest BCUT2D eigenvalue weighted by atomic mass is 10.0. The number of nitrogens with zero attached hydrogens (tertiary/aromatic N) is 4. The average molecular weight is 424 g/mol. The van der Waals surface area contributed by atoms with Crippen LogP contribution in [-0.4, -0.2) is 59.6 Å². The number of carbonyl (C=O) groups excluding carboxylic acids is 1. The highest BCUT2D eigenvalue weighted by Crippen LogP contribution is 2.30. The number of fused-ring (bicyclic) bond motifs is 1. The highest BCUT2D eigenvalue weighted by Gasteiger charge is 2.20. The zero-order valence-corrected chi connectivity index (χ0v) is 19.2. The number of esters is 1. The summed E-state index contributed by atoms with van der Waals surface area (Å²) in [6.07, 6.45) is 2.20. The number of anilines is 4. The summed E-state index contributed by atoms with van der Waals surface area (Å²) in [5.41, 5.74) is 5.86. The molecule has 166 valence electrons. The Morgan fingerprint density at radius 3 is 2.74 bits per heavy atom. The van der Waals surface area contributed by atoms with Crippen molar-refractivity contribution >= 4 is 34.4 Å². The molecular weight excluding hydrogens is 390 g/mol. The molecular formula is C24H33N5O2. The van der Waals surface area contributed by atoms with Crippen molar-refractivity contribution in [3.05, 3.63) is 48.0 Å². The second kappa shape index (κ2) is 10.2. The summed E-state index contributed by atoms with van der Waals surface area (Å²) in [6, 6.07) is 14.3. The first kappa shape index (κ1) is 22.5. The maximum Gasteiger partial charge on any atom is 0.356 e. The molecule has 1 aliphatic rings. The molecule has 31 heavy (non-hydrogen) atoms. The summed E-state index contributed by atoms with van der Waals surface area (Å²) >= 11 is 0. The molecule has 0 aromatic heterocycles. The lowest BCUT2D eigenvalue weighted by molar-refractivity contribution is -0.135. The van der Waals surface area contributed by atoms with Crippen molar-refractivity contribution in [1.29, 1.82) is 0 Å². The van der Waals surface area contributed by atoms with Crippen LogP contribution in [0.3, 0.4) is 0 Å². The van der Waals surface area contributed by atoms with E-state index in [2.05, 4.69) is 34.5 Å². The Labute approximate surface area is 185 Å². The maximum atomic E-state index is 12.7. The summed E-state index contributed by atoms with van der Waals surface area (Å²) < 4.78 is 5.29. The van der Waals surface area contributed by atoms with E-state index in [9.17, 15) is 4.79 Å². The fourth-order valence-electron chi connectivity index (χ4n) is 3.89. The SMILES string of the molecule is CCOC(=O)/C(CN(C)c1ccccc1NC)=N\N(C)c1ccc2c(c1)CCCN2C. The van der Waals surface area contributed by atoms with Crippen LogP contribution in [-0.2, 0) is 16.0 Å². The van der Waals surface area contributed by atoms with E-state index >= 15 is 0 Å². The van der Waals surface area contributed by atoms with Crippen LogP contribution in [0.4, 0.5) is 22.7 Å². The van der Waals surface area contributed by atoms with Crippen LogP contribution in [0, 0.1) is 0 Å². The summed E-state index contributed by atoms with van der Waals surface area (Å²) in [5, 5.41) is 9.61. The van der Waals surface area contributed by atoms with Crippen molar-refractivity contribution in [2.75, 3.05) is 68.0 Å². The molecule has 0 saturated carbocycles. The topological polar surface area (TPSA) is 60.4 Å². The average Bonchev–Trinajstić information content (AvgIpc) is 2.78.